The first-order valence-corrected chi connectivity index (χ1v) is 26.0. The Morgan fingerprint density at radius 1 is 0.571 bits per heavy atom. The Kier molecular flexibility index (Phi) is 24.8. The Balaban J connectivity index is 0.957. The molecule has 4 aliphatic rings. The Hall–Kier alpha value is -5.28. The van der Waals surface area contributed by atoms with Gasteiger partial charge in [0.15, 0.2) is 11.9 Å². The van der Waals surface area contributed by atoms with E-state index < -0.39 is 23.9 Å². The van der Waals surface area contributed by atoms with Gasteiger partial charge in [0.25, 0.3) is 11.8 Å². The van der Waals surface area contributed by atoms with Gasteiger partial charge in [0, 0.05) is 90.9 Å². The number of rotatable bonds is 34. The molecule has 1 aromatic carbocycles. The van der Waals surface area contributed by atoms with Crippen molar-refractivity contribution in [2.45, 2.75) is 86.0 Å². The van der Waals surface area contributed by atoms with E-state index >= 15 is 0 Å². The number of urea groups is 1. The van der Waals surface area contributed by atoms with Crippen molar-refractivity contribution in [1.29, 1.82) is 0 Å². The molecule has 0 saturated carbocycles. The summed E-state index contributed by atoms with van der Waals surface area (Å²) < 4.78 is 21.9. The number of nitrogens with zero attached hydrogens (tertiary/aromatic N) is 2. The molecule has 7 amide bonds. The minimum absolute atomic E-state index is 0.0483. The second-order valence-electron chi connectivity index (χ2n) is 16.8. The van der Waals surface area contributed by atoms with Gasteiger partial charge in [-0.25, -0.2) is 19.6 Å². The number of amides is 7. The van der Waals surface area contributed by atoms with Crippen molar-refractivity contribution in [1.82, 2.24) is 42.5 Å². The maximum Gasteiger partial charge on any atom is 0.404 e. The third-order valence-electron chi connectivity index (χ3n) is 11.4. The van der Waals surface area contributed by atoms with Gasteiger partial charge in [-0.1, -0.05) is 12.8 Å². The van der Waals surface area contributed by atoms with Gasteiger partial charge in [0.05, 0.1) is 77.0 Å². The molecule has 6 atom stereocenters. The number of nitrogens with one attached hydrogen (secondary N) is 9. The van der Waals surface area contributed by atoms with Crippen molar-refractivity contribution in [3.63, 3.8) is 0 Å². The van der Waals surface area contributed by atoms with Crippen molar-refractivity contribution in [2.24, 2.45) is 21.5 Å². The van der Waals surface area contributed by atoms with Crippen LogP contribution in [0.1, 0.15) is 72.1 Å². The number of guanidine groups is 2. The molecule has 0 unspecified atom stereocenters. The van der Waals surface area contributed by atoms with Crippen LogP contribution >= 0.6 is 23.5 Å². The molecule has 26 heteroatoms. The number of ether oxygens (including phenoxy) is 4. The number of hydrogen-bond donors (Lipinski definition) is 12. The summed E-state index contributed by atoms with van der Waals surface area (Å²) in [7, 11) is 0. The number of benzene rings is 1. The van der Waals surface area contributed by atoms with Crippen LogP contribution in [0.2, 0.25) is 0 Å². The monoisotopic (exact) mass is 1020 g/mol. The van der Waals surface area contributed by atoms with Crippen molar-refractivity contribution in [3.8, 4) is 0 Å². The fourth-order valence-electron chi connectivity index (χ4n) is 8.02. The summed E-state index contributed by atoms with van der Waals surface area (Å²) in [5, 5.41) is 34.6. The van der Waals surface area contributed by atoms with Gasteiger partial charge in [-0.15, -0.1) is 0 Å². The van der Waals surface area contributed by atoms with Crippen LogP contribution in [0, 0.1) is 0 Å². The standard InChI is InChI=1S/C44H71N13O11S2/c45-41-54-31-26-69-33(37(31)56-41)5-1-3-7-35(58)47-9-15-65-17-11-49-39(60)28-23-29(25-30(24-28)53-43(62)51-13-19-67-21-22-68-20-14-52-44(63)64)40(61)50-12-18-66-16-10-48-36(59)8-4-2-6-34-38-32(27-70-34)55-42(46)57-38/h23-25,31-34,37-38,52H,1-22,26-27H2,(H,47,58)(H,48,59)(H,49,60)(H,50,61)(H,63,64)(H3,45,54,56)(H3,46,55,57)(H2,51,53,62)/t31-,32-,33-,34-,37-,38-/m0/s1. The smallest absolute Gasteiger partial charge is 0.404 e. The Morgan fingerprint density at radius 2 is 0.986 bits per heavy atom. The zero-order valence-corrected chi connectivity index (χ0v) is 41.2. The molecule has 0 aliphatic carbocycles. The molecule has 0 spiro atoms. The number of carbonyl (C=O) groups is 6. The first kappa shape index (κ1) is 55.6. The Morgan fingerprint density at radius 3 is 1.44 bits per heavy atom. The molecule has 0 bridgehead atoms. The zero-order chi connectivity index (χ0) is 49.9. The first-order chi connectivity index (χ1) is 33.9. The van der Waals surface area contributed by atoms with Gasteiger partial charge < -0.3 is 83.4 Å². The number of thioether (sulfide) groups is 2. The summed E-state index contributed by atoms with van der Waals surface area (Å²) in [6.07, 6.45) is 5.10. The Labute approximate surface area is 416 Å². The van der Waals surface area contributed by atoms with Gasteiger partial charge >= 0.3 is 12.1 Å². The first-order valence-electron chi connectivity index (χ1n) is 24.0. The molecule has 1 aromatic rings. The zero-order valence-electron chi connectivity index (χ0n) is 39.6. The molecule has 4 aliphatic heterocycles. The van der Waals surface area contributed by atoms with Crippen LogP contribution in [0.25, 0.3) is 0 Å². The van der Waals surface area contributed by atoms with Gasteiger partial charge in [0.1, 0.15) is 0 Å². The second-order valence-corrected chi connectivity index (χ2v) is 19.4. The molecule has 390 valence electrons. The van der Waals surface area contributed by atoms with Crippen LogP contribution in [-0.4, -0.2) is 191 Å². The third-order valence-corrected chi connectivity index (χ3v) is 14.4. The van der Waals surface area contributed by atoms with E-state index in [0.717, 1.165) is 50.0 Å². The van der Waals surface area contributed by atoms with Crippen molar-refractivity contribution >= 4 is 76.9 Å². The minimum atomic E-state index is -1.13. The molecule has 2 fully saturated rings. The summed E-state index contributed by atoms with van der Waals surface area (Å²) in [5.74, 6) is 1.91. The number of carbonyl (C=O) groups excluding carboxylic acids is 5. The van der Waals surface area contributed by atoms with Crippen LogP contribution in [0.5, 0.6) is 0 Å². The quantitative estimate of drug-likeness (QED) is 0.0387. The fourth-order valence-corrected chi connectivity index (χ4v) is 11.1. The molecule has 0 aromatic heterocycles. The van der Waals surface area contributed by atoms with Gasteiger partial charge in [-0.3, -0.25) is 19.2 Å². The average molecular weight is 1020 g/mol. The van der Waals surface area contributed by atoms with E-state index in [4.69, 9.17) is 35.5 Å². The van der Waals surface area contributed by atoms with Crippen molar-refractivity contribution in [2.75, 3.05) is 109 Å². The van der Waals surface area contributed by atoms with E-state index in [-0.39, 0.29) is 120 Å². The third kappa shape index (κ3) is 20.6. The molecular weight excluding hydrogens is 951 g/mol. The van der Waals surface area contributed by atoms with Crippen LogP contribution in [0.15, 0.2) is 28.2 Å². The SMILES string of the molecule is NC1=N[C@H]2[C@H](CS[C@H]2CCCCC(=O)NCCOCCNC(=O)c2cc(NC(=O)NCCOCCOCCNC(=O)O)cc(C(=O)NCCOCCNC(=O)CCCC[C@@H]3SC[C@@H]4NC(N)=N[C@@H]43)c2)N1. The van der Waals surface area contributed by atoms with E-state index in [9.17, 15) is 28.8 Å². The number of fused-ring (bicyclic) bond motifs is 2. The number of hydrogen-bond acceptors (Lipinski definition) is 18. The molecule has 70 heavy (non-hydrogen) atoms. The number of anilines is 1. The van der Waals surface area contributed by atoms with E-state index in [0.29, 0.717) is 60.4 Å². The molecule has 0 radical (unpaired) electrons. The summed E-state index contributed by atoms with van der Waals surface area (Å²) in [6, 6.07) is 4.74. The largest absolute Gasteiger partial charge is 0.465 e. The van der Waals surface area contributed by atoms with Gasteiger partial charge in [-0.2, -0.15) is 23.5 Å². The van der Waals surface area contributed by atoms with E-state index in [1.165, 1.54) is 18.2 Å². The lowest BCUT2D eigenvalue weighted by Gasteiger charge is -2.14. The van der Waals surface area contributed by atoms with Crippen LogP contribution in [0.4, 0.5) is 15.3 Å². The lowest BCUT2D eigenvalue weighted by Crippen LogP contribution is -2.38. The highest BCUT2D eigenvalue weighted by molar-refractivity contribution is 8.00. The number of unbranched alkanes of at least 4 members (excludes halogenated alkanes) is 2. The molecule has 2 saturated heterocycles. The molecular formula is C44H71N13O11S2. The molecule has 5 rings (SSSR count). The van der Waals surface area contributed by atoms with E-state index in [1.54, 1.807) is 0 Å². The number of aliphatic imine (C=N–C) groups is 2. The Bertz CT molecular complexity index is 1830. The van der Waals surface area contributed by atoms with E-state index in [1.807, 2.05) is 23.5 Å². The van der Waals surface area contributed by atoms with Gasteiger partial charge in [-0.05, 0) is 43.9 Å². The maximum absolute atomic E-state index is 13.3. The number of nitrogens with two attached hydrogens (primary N) is 2. The van der Waals surface area contributed by atoms with Crippen LogP contribution in [-0.2, 0) is 28.5 Å². The molecule has 14 N–H and O–H groups in total. The van der Waals surface area contributed by atoms with Crippen molar-refractivity contribution < 1.29 is 52.8 Å². The topological polar surface area (TPSA) is 345 Å². The molecule has 4 heterocycles. The minimum Gasteiger partial charge on any atom is -0.465 e. The average Bonchev–Trinajstić information content (AvgIpc) is 4.10. The molecule has 24 nitrogen and oxygen atoms in total. The summed E-state index contributed by atoms with van der Waals surface area (Å²) in [4.78, 5) is 83.5. The predicted molar refractivity (Wildman–Crippen MR) is 268 cm³/mol. The van der Waals surface area contributed by atoms with Crippen LogP contribution in [0.3, 0.4) is 0 Å². The lowest BCUT2D eigenvalue weighted by molar-refractivity contribution is -0.122. The predicted octanol–water partition coefficient (Wildman–Crippen LogP) is -0.504. The van der Waals surface area contributed by atoms with Crippen molar-refractivity contribution in [3.05, 3.63) is 29.3 Å². The maximum atomic E-state index is 13.3. The summed E-state index contributed by atoms with van der Waals surface area (Å²) in [6.45, 7) is 2.92. The highest BCUT2D eigenvalue weighted by Crippen LogP contribution is 2.36. The highest BCUT2D eigenvalue weighted by Gasteiger charge is 2.41. The van der Waals surface area contributed by atoms with Crippen LogP contribution < -0.4 is 59.3 Å². The fraction of sp³-hybridized carbons (Fsp3) is 0.682. The normalized spacial score (nSPS) is 20.7. The summed E-state index contributed by atoms with van der Waals surface area (Å²) in [5.41, 5.74) is 12.1. The number of carboxylic acid groups (broad SMARTS) is 1. The lowest BCUT2D eigenvalue weighted by atomic mass is 10.0. The second kappa shape index (κ2) is 31.1. The van der Waals surface area contributed by atoms with E-state index in [2.05, 4.69) is 57.8 Å². The highest BCUT2D eigenvalue weighted by atomic mass is 32.2. The van der Waals surface area contributed by atoms with Gasteiger partial charge in [0.2, 0.25) is 11.8 Å². The summed E-state index contributed by atoms with van der Waals surface area (Å²) >= 11 is 3.81.